The van der Waals surface area contributed by atoms with Gasteiger partial charge in [0.05, 0.1) is 50.2 Å². The van der Waals surface area contributed by atoms with E-state index in [1.807, 2.05) is 41.8 Å². The fourth-order valence-corrected chi connectivity index (χ4v) is 15.1. The maximum atomic E-state index is 5.23. The van der Waals surface area contributed by atoms with Crippen molar-refractivity contribution in [2.45, 2.75) is 0 Å². The molecule has 0 saturated carbocycles. The average molecular weight is 1220 g/mol. The molecule has 13 aromatic carbocycles. The summed E-state index contributed by atoms with van der Waals surface area (Å²) < 4.78 is 9.41. The molecule has 440 valence electrons. The van der Waals surface area contributed by atoms with Crippen molar-refractivity contribution < 1.29 is 0 Å². The van der Waals surface area contributed by atoms with E-state index in [-0.39, 0.29) is 0 Å². The molecule has 0 fully saturated rings. The lowest BCUT2D eigenvalue weighted by Gasteiger charge is -2.12. The van der Waals surface area contributed by atoms with Gasteiger partial charge in [0.2, 0.25) is 11.9 Å². The molecule has 0 bridgehead atoms. The maximum Gasteiger partial charge on any atom is 0.235 e. The SMILES string of the molecule is c1ccc(-c2cc(-c3ccccc3)nc(-n3c4ccccc4c4ccc(-c5ccc6c(c5)c5ccccc5n6-c5ccccc5)cc43)n2)cc1.c1ccc(-c2ccc(-c3cccc(-c4ccnc(-n5c6ccccc6c6c7sc8ccccc8c7ccc65)n4)c3)cc2)cc1. The molecule has 0 aliphatic heterocycles. The minimum absolute atomic E-state index is 0.648. The first kappa shape index (κ1) is 54.6. The monoisotopic (exact) mass is 1220 g/mol. The second-order valence-electron chi connectivity index (χ2n) is 23.7. The van der Waals surface area contributed by atoms with E-state index in [1.54, 1.807) is 0 Å². The molecule has 0 unspecified atom stereocenters. The summed E-state index contributed by atoms with van der Waals surface area (Å²) >= 11 is 1.86. The van der Waals surface area contributed by atoms with Gasteiger partial charge < -0.3 is 4.57 Å². The van der Waals surface area contributed by atoms with Crippen LogP contribution in [0.15, 0.2) is 334 Å². The first-order valence-corrected chi connectivity index (χ1v) is 32.5. The highest BCUT2D eigenvalue weighted by Crippen LogP contribution is 2.44. The molecule has 19 rings (SSSR count). The molecule has 0 aliphatic carbocycles. The number of para-hydroxylation sites is 4. The summed E-state index contributed by atoms with van der Waals surface area (Å²) in [6.07, 6.45) is 1.87. The predicted octanol–water partition coefficient (Wildman–Crippen LogP) is 22.6. The number of hydrogen-bond donors (Lipinski definition) is 0. The fraction of sp³-hybridized carbons (Fsp3) is 0. The largest absolute Gasteiger partial charge is 0.309 e. The second-order valence-corrected chi connectivity index (χ2v) is 24.8. The van der Waals surface area contributed by atoms with Crippen LogP contribution in [0.3, 0.4) is 0 Å². The van der Waals surface area contributed by atoms with Crippen molar-refractivity contribution in [2.24, 2.45) is 0 Å². The number of thiophene rings is 1. The van der Waals surface area contributed by atoms with Crippen LogP contribution in [0.2, 0.25) is 0 Å². The zero-order valence-corrected chi connectivity index (χ0v) is 51.6. The fourth-order valence-electron chi connectivity index (χ4n) is 13.8. The van der Waals surface area contributed by atoms with Gasteiger partial charge in [-0.05, 0) is 112 Å². The van der Waals surface area contributed by atoms with Gasteiger partial charge in [0, 0.05) is 81.1 Å². The molecule has 7 nitrogen and oxygen atoms in total. The third-order valence-electron chi connectivity index (χ3n) is 18.3. The van der Waals surface area contributed by atoms with Gasteiger partial charge in [-0.2, -0.15) is 0 Å². The quantitative estimate of drug-likeness (QED) is 0.144. The van der Waals surface area contributed by atoms with Gasteiger partial charge in [0.1, 0.15) is 0 Å². The molecule has 94 heavy (non-hydrogen) atoms. The smallest absolute Gasteiger partial charge is 0.235 e. The minimum atomic E-state index is 0.648. The zero-order chi connectivity index (χ0) is 62.1. The number of benzene rings is 13. The Hall–Kier alpha value is -12.4. The van der Waals surface area contributed by atoms with E-state index in [2.05, 4.69) is 317 Å². The molecule has 0 radical (unpaired) electrons. The lowest BCUT2D eigenvalue weighted by Crippen LogP contribution is -2.04. The summed E-state index contributed by atoms with van der Waals surface area (Å²) in [6.45, 7) is 0. The molecule has 0 N–H and O–H groups in total. The molecule has 0 atom stereocenters. The van der Waals surface area contributed by atoms with Crippen LogP contribution in [0.5, 0.6) is 0 Å². The Morgan fingerprint density at radius 1 is 0.234 bits per heavy atom. The first-order valence-electron chi connectivity index (χ1n) is 31.7. The Balaban J connectivity index is 0.000000139. The van der Waals surface area contributed by atoms with Crippen molar-refractivity contribution in [1.29, 1.82) is 0 Å². The third kappa shape index (κ3) is 9.42. The van der Waals surface area contributed by atoms with E-state index in [0.29, 0.717) is 11.9 Å². The van der Waals surface area contributed by atoms with Crippen molar-refractivity contribution >= 4 is 96.9 Å². The van der Waals surface area contributed by atoms with Crippen LogP contribution < -0.4 is 0 Å². The minimum Gasteiger partial charge on any atom is -0.309 e. The number of hydrogen-bond acceptors (Lipinski definition) is 5. The van der Waals surface area contributed by atoms with Gasteiger partial charge in [-0.15, -0.1) is 11.3 Å². The molecule has 19 aromatic rings. The second kappa shape index (κ2) is 22.8. The predicted molar refractivity (Wildman–Crippen MR) is 393 cm³/mol. The molecule has 6 aromatic heterocycles. The van der Waals surface area contributed by atoms with Gasteiger partial charge in [-0.3, -0.25) is 9.13 Å². The lowest BCUT2D eigenvalue weighted by molar-refractivity contribution is 0.992. The molecule has 0 aliphatic rings. The van der Waals surface area contributed by atoms with Crippen LogP contribution in [-0.2, 0) is 0 Å². The highest BCUT2D eigenvalue weighted by Gasteiger charge is 2.22. The van der Waals surface area contributed by atoms with Crippen LogP contribution in [0.1, 0.15) is 0 Å². The molecule has 8 heteroatoms. The Labute approximate surface area is 545 Å². The summed E-state index contributed by atoms with van der Waals surface area (Å²) in [4.78, 5) is 20.4. The number of nitrogens with zero attached hydrogens (tertiary/aromatic N) is 7. The van der Waals surface area contributed by atoms with E-state index >= 15 is 0 Å². The van der Waals surface area contributed by atoms with Gasteiger partial charge >= 0.3 is 0 Å². The molecule has 0 spiro atoms. The van der Waals surface area contributed by atoms with Crippen LogP contribution in [0, 0.1) is 0 Å². The van der Waals surface area contributed by atoms with Gasteiger partial charge in [0.25, 0.3) is 0 Å². The zero-order valence-electron chi connectivity index (χ0n) is 50.8. The molecular formula is C86H55N7S. The Morgan fingerprint density at radius 2 is 0.681 bits per heavy atom. The van der Waals surface area contributed by atoms with Crippen molar-refractivity contribution in [3.05, 3.63) is 334 Å². The van der Waals surface area contributed by atoms with Crippen LogP contribution in [0.25, 0.3) is 170 Å². The van der Waals surface area contributed by atoms with Crippen LogP contribution in [0.4, 0.5) is 0 Å². The van der Waals surface area contributed by atoms with E-state index in [1.165, 1.54) is 80.2 Å². The Bertz CT molecular complexity index is 6030. The summed E-state index contributed by atoms with van der Waals surface area (Å²) in [7, 11) is 0. The normalized spacial score (nSPS) is 11.6. The van der Waals surface area contributed by atoms with Crippen LogP contribution in [-0.4, -0.2) is 33.6 Å². The van der Waals surface area contributed by atoms with Crippen molar-refractivity contribution in [1.82, 2.24) is 33.6 Å². The highest BCUT2D eigenvalue weighted by molar-refractivity contribution is 7.26. The summed E-state index contributed by atoms with van der Waals surface area (Å²) in [5, 5.41) is 9.88. The molecule has 0 amide bonds. The van der Waals surface area contributed by atoms with Crippen molar-refractivity contribution in [2.75, 3.05) is 0 Å². The van der Waals surface area contributed by atoms with Gasteiger partial charge in [-0.25, -0.2) is 19.9 Å². The van der Waals surface area contributed by atoms with E-state index in [9.17, 15) is 0 Å². The van der Waals surface area contributed by atoms with Crippen molar-refractivity contribution in [3.63, 3.8) is 0 Å². The maximum absolute atomic E-state index is 5.23. The Morgan fingerprint density at radius 3 is 1.38 bits per heavy atom. The van der Waals surface area contributed by atoms with Gasteiger partial charge in [0.15, 0.2) is 0 Å². The first-order chi connectivity index (χ1) is 46.6. The van der Waals surface area contributed by atoms with E-state index in [4.69, 9.17) is 19.9 Å². The third-order valence-corrected chi connectivity index (χ3v) is 19.5. The Kier molecular flexibility index (Phi) is 13.3. The van der Waals surface area contributed by atoms with Gasteiger partial charge in [-0.1, -0.05) is 249 Å². The summed E-state index contributed by atoms with van der Waals surface area (Å²) in [5.41, 5.74) is 20.8. The summed E-state index contributed by atoms with van der Waals surface area (Å²) in [6, 6.07) is 116. The number of fused-ring (bicyclic) bond motifs is 13. The average Bonchev–Trinajstić information content (AvgIpc) is 1.58. The molecule has 6 heterocycles. The van der Waals surface area contributed by atoms with E-state index < -0.39 is 0 Å². The topological polar surface area (TPSA) is 66.3 Å². The lowest BCUT2D eigenvalue weighted by atomic mass is 9.98. The standard InChI is InChI=1S/C46H30N4.C40H25N3S/c1-4-14-31(15-5-1)40-30-41(32-16-6-2-7-17-32)48-46(47-40)50-43-23-13-10-20-36(43)38-26-24-34(29-45(38)50)33-25-27-44-39(28-33)37-21-11-12-22-42(37)49(44)35-18-8-3-9-19-35;1-2-9-26(10-3-1)27-17-19-28(20-18-27)29-11-8-12-30(25-29)34-23-24-41-40(42-34)43-35-15-6-4-14-33(35)38-36(43)22-21-32-31-13-5-7-16-37(31)44-39(32)38/h1-30H;1-25H. The number of rotatable bonds is 9. The van der Waals surface area contributed by atoms with E-state index in [0.717, 1.165) is 78.2 Å². The molecular weight excluding hydrogens is 1160 g/mol. The van der Waals surface area contributed by atoms with Crippen LogP contribution >= 0.6 is 11.3 Å². The van der Waals surface area contributed by atoms with Crippen molar-refractivity contribution in [3.8, 4) is 84.7 Å². The molecule has 0 saturated heterocycles. The highest BCUT2D eigenvalue weighted by atomic mass is 32.1. The number of aromatic nitrogens is 7. The summed E-state index contributed by atoms with van der Waals surface area (Å²) in [5.74, 6) is 1.32.